The lowest BCUT2D eigenvalue weighted by Crippen LogP contribution is -2.06. The van der Waals surface area contributed by atoms with Crippen LogP contribution < -0.4 is 5.32 Å². The number of carboxylic acids is 1. The number of para-hydroxylation sites is 1. The predicted octanol–water partition coefficient (Wildman–Crippen LogP) is 4.30. The lowest BCUT2D eigenvalue weighted by Gasteiger charge is -2.10. The molecule has 0 bridgehead atoms. The van der Waals surface area contributed by atoms with Gasteiger partial charge >= 0.3 is 5.97 Å². The van der Waals surface area contributed by atoms with E-state index in [0.717, 1.165) is 5.56 Å². The summed E-state index contributed by atoms with van der Waals surface area (Å²) in [7, 11) is 0. The van der Waals surface area contributed by atoms with Crippen LogP contribution >= 0.6 is 23.2 Å². The van der Waals surface area contributed by atoms with Gasteiger partial charge in [-0.1, -0.05) is 35.3 Å². The van der Waals surface area contributed by atoms with Crippen molar-refractivity contribution >= 4 is 34.9 Å². The van der Waals surface area contributed by atoms with Crippen LogP contribution in [0.15, 0.2) is 42.5 Å². The van der Waals surface area contributed by atoms with E-state index in [2.05, 4.69) is 5.32 Å². The maximum atomic E-state index is 11.1. The smallest absolute Gasteiger partial charge is 0.337 e. The molecule has 0 aliphatic carbocycles. The quantitative estimate of drug-likeness (QED) is 0.884. The van der Waals surface area contributed by atoms with Gasteiger partial charge in [0.15, 0.2) is 0 Å². The van der Waals surface area contributed by atoms with E-state index < -0.39 is 5.97 Å². The summed E-state index contributed by atoms with van der Waals surface area (Å²) in [6.07, 6.45) is 0. The molecule has 0 amide bonds. The Hall–Kier alpha value is -1.71. The summed E-state index contributed by atoms with van der Waals surface area (Å²) in [5.41, 5.74) is 1.58. The summed E-state index contributed by atoms with van der Waals surface area (Å²) in [4.78, 5) is 11.1. The number of nitrogens with one attached hydrogen (secondary N) is 1. The van der Waals surface area contributed by atoms with Crippen LogP contribution in [0.1, 0.15) is 15.9 Å². The minimum absolute atomic E-state index is 0.223. The highest BCUT2D eigenvalue weighted by molar-refractivity contribution is 6.33. The van der Waals surface area contributed by atoms with E-state index in [9.17, 15) is 4.79 Å². The molecule has 2 rings (SSSR count). The average molecular weight is 296 g/mol. The van der Waals surface area contributed by atoms with Gasteiger partial charge in [-0.3, -0.25) is 0 Å². The molecule has 0 aliphatic rings. The summed E-state index contributed by atoms with van der Waals surface area (Å²) in [6.45, 7) is 0.406. The van der Waals surface area contributed by atoms with Crippen molar-refractivity contribution in [2.75, 3.05) is 5.32 Å². The van der Waals surface area contributed by atoms with Crippen molar-refractivity contribution in [3.8, 4) is 0 Å². The maximum Gasteiger partial charge on any atom is 0.337 e. The number of hydrogen-bond donors (Lipinski definition) is 2. The maximum absolute atomic E-state index is 11.1. The van der Waals surface area contributed by atoms with Gasteiger partial charge in [-0.05, 0) is 35.9 Å². The van der Waals surface area contributed by atoms with Crippen LogP contribution in [0.3, 0.4) is 0 Å². The number of benzene rings is 2. The molecule has 0 spiro atoms. The van der Waals surface area contributed by atoms with E-state index in [-0.39, 0.29) is 5.56 Å². The van der Waals surface area contributed by atoms with E-state index in [1.165, 1.54) is 0 Å². The van der Waals surface area contributed by atoms with Crippen LogP contribution in [0.2, 0.25) is 10.0 Å². The zero-order valence-corrected chi connectivity index (χ0v) is 11.4. The highest BCUT2D eigenvalue weighted by atomic mass is 35.5. The van der Waals surface area contributed by atoms with Gasteiger partial charge in [0.2, 0.25) is 0 Å². The largest absolute Gasteiger partial charge is 0.478 e. The Bertz CT molecular complexity index is 614. The number of aromatic carboxylic acids is 1. The Labute approximate surface area is 120 Å². The molecule has 0 aliphatic heterocycles. The number of carboxylic acid groups (broad SMARTS) is 1. The highest BCUT2D eigenvalue weighted by Gasteiger charge is 2.09. The molecule has 0 saturated heterocycles. The standard InChI is InChI=1S/C14H11Cl2NO2/c15-10-5-6-12(16)9(7-10)8-17-13-4-2-1-3-11(13)14(18)19/h1-7,17H,8H2,(H,18,19). The molecule has 98 valence electrons. The minimum Gasteiger partial charge on any atom is -0.478 e. The fraction of sp³-hybridized carbons (Fsp3) is 0.0714. The molecule has 19 heavy (non-hydrogen) atoms. The number of hydrogen-bond acceptors (Lipinski definition) is 2. The van der Waals surface area contributed by atoms with Gasteiger partial charge in [-0.2, -0.15) is 0 Å². The molecule has 0 aromatic heterocycles. The van der Waals surface area contributed by atoms with Crippen molar-refractivity contribution in [1.82, 2.24) is 0 Å². The zero-order chi connectivity index (χ0) is 13.8. The zero-order valence-electron chi connectivity index (χ0n) is 9.86. The topological polar surface area (TPSA) is 49.3 Å². The molecule has 2 aromatic rings. The molecule has 0 fully saturated rings. The molecule has 0 saturated carbocycles. The summed E-state index contributed by atoms with van der Waals surface area (Å²) in [6, 6.07) is 11.9. The van der Waals surface area contributed by atoms with Gasteiger partial charge in [0, 0.05) is 22.3 Å². The second-order valence-corrected chi connectivity index (χ2v) is 4.78. The summed E-state index contributed by atoms with van der Waals surface area (Å²) in [5, 5.41) is 13.3. The molecule has 5 heteroatoms. The fourth-order valence-corrected chi connectivity index (χ4v) is 2.07. The van der Waals surface area contributed by atoms with E-state index in [1.54, 1.807) is 42.5 Å². The molecular formula is C14H11Cl2NO2. The van der Waals surface area contributed by atoms with Crippen molar-refractivity contribution in [1.29, 1.82) is 0 Å². The third-order valence-corrected chi connectivity index (χ3v) is 3.24. The van der Waals surface area contributed by atoms with Crippen LogP contribution in [0.5, 0.6) is 0 Å². The lowest BCUT2D eigenvalue weighted by atomic mass is 10.1. The molecule has 0 heterocycles. The van der Waals surface area contributed by atoms with Crippen LogP contribution in [0, 0.1) is 0 Å². The minimum atomic E-state index is -0.972. The predicted molar refractivity (Wildman–Crippen MR) is 77.2 cm³/mol. The molecular weight excluding hydrogens is 285 g/mol. The van der Waals surface area contributed by atoms with E-state index in [4.69, 9.17) is 28.3 Å². The number of halogens is 2. The molecule has 0 unspecified atom stereocenters. The van der Waals surface area contributed by atoms with Crippen molar-refractivity contribution in [2.45, 2.75) is 6.54 Å². The molecule has 2 N–H and O–H groups in total. The number of anilines is 1. The Morgan fingerprint density at radius 3 is 2.63 bits per heavy atom. The number of carbonyl (C=O) groups is 1. The molecule has 0 atom stereocenters. The average Bonchev–Trinajstić information content (AvgIpc) is 2.40. The van der Waals surface area contributed by atoms with Crippen LogP contribution in [-0.2, 0) is 6.54 Å². The Morgan fingerprint density at radius 1 is 1.16 bits per heavy atom. The first kappa shape index (κ1) is 13.7. The molecule has 2 aromatic carbocycles. The third kappa shape index (κ3) is 3.40. The Morgan fingerprint density at radius 2 is 1.89 bits per heavy atom. The monoisotopic (exact) mass is 295 g/mol. The SMILES string of the molecule is O=C(O)c1ccccc1NCc1cc(Cl)ccc1Cl. The van der Waals surface area contributed by atoms with Crippen LogP contribution in [-0.4, -0.2) is 11.1 Å². The first-order chi connectivity index (χ1) is 9.08. The van der Waals surface area contributed by atoms with Gasteiger partial charge in [-0.25, -0.2) is 4.79 Å². The van der Waals surface area contributed by atoms with Gasteiger partial charge in [-0.15, -0.1) is 0 Å². The van der Waals surface area contributed by atoms with E-state index >= 15 is 0 Å². The van der Waals surface area contributed by atoms with Gasteiger partial charge in [0.05, 0.1) is 5.56 Å². The normalized spacial score (nSPS) is 10.2. The van der Waals surface area contributed by atoms with Crippen molar-refractivity contribution in [3.05, 3.63) is 63.6 Å². The highest BCUT2D eigenvalue weighted by Crippen LogP contribution is 2.22. The lowest BCUT2D eigenvalue weighted by molar-refractivity contribution is 0.0698. The van der Waals surface area contributed by atoms with Crippen LogP contribution in [0.4, 0.5) is 5.69 Å². The summed E-state index contributed by atoms with van der Waals surface area (Å²) >= 11 is 11.9. The Kier molecular flexibility index (Phi) is 4.30. The summed E-state index contributed by atoms with van der Waals surface area (Å²) < 4.78 is 0. The first-order valence-electron chi connectivity index (χ1n) is 5.58. The second-order valence-electron chi connectivity index (χ2n) is 3.94. The molecule has 3 nitrogen and oxygen atoms in total. The van der Waals surface area contributed by atoms with E-state index in [0.29, 0.717) is 22.3 Å². The second kappa shape index (κ2) is 5.95. The van der Waals surface area contributed by atoms with Crippen molar-refractivity contribution in [3.63, 3.8) is 0 Å². The number of rotatable bonds is 4. The van der Waals surface area contributed by atoms with Gasteiger partial charge in [0.1, 0.15) is 0 Å². The van der Waals surface area contributed by atoms with Gasteiger partial charge in [0.25, 0.3) is 0 Å². The summed E-state index contributed by atoms with van der Waals surface area (Å²) in [5.74, 6) is -0.972. The Balaban J connectivity index is 2.19. The van der Waals surface area contributed by atoms with Crippen LogP contribution in [0.25, 0.3) is 0 Å². The fourth-order valence-electron chi connectivity index (χ4n) is 1.69. The van der Waals surface area contributed by atoms with Crippen molar-refractivity contribution < 1.29 is 9.90 Å². The van der Waals surface area contributed by atoms with Crippen molar-refractivity contribution in [2.24, 2.45) is 0 Å². The van der Waals surface area contributed by atoms with E-state index in [1.807, 2.05) is 0 Å². The third-order valence-electron chi connectivity index (χ3n) is 2.63. The molecule has 0 radical (unpaired) electrons. The first-order valence-corrected chi connectivity index (χ1v) is 6.33. The van der Waals surface area contributed by atoms with Gasteiger partial charge < -0.3 is 10.4 Å².